The highest BCUT2D eigenvalue weighted by Crippen LogP contribution is 2.58. The van der Waals surface area contributed by atoms with Crippen LogP contribution in [-0.2, 0) is 10.8 Å². The second-order valence-electron chi connectivity index (χ2n) is 20.0. The zero-order chi connectivity index (χ0) is 46.9. The predicted molar refractivity (Wildman–Crippen MR) is 296 cm³/mol. The first-order valence-electron chi connectivity index (χ1n) is 24.1. The van der Waals surface area contributed by atoms with Crippen molar-refractivity contribution in [2.75, 3.05) is 23.7 Å². The highest BCUT2D eigenvalue weighted by molar-refractivity contribution is 8.32. The summed E-state index contributed by atoms with van der Waals surface area (Å²) in [5.74, 6) is 0. The smallest absolute Gasteiger partial charge is 0.0714 e. The van der Waals surface area contributed by atoms with Gasteiger partial charge in [-0.1, -0.05) is 208 Å². The second kappa shape index (κ2) is 16.5. The Morgan fingerprint density at radius 3 is 1.41 bits per heavy atom. The van der Waals surface area contributed by atoms with Gasteiger partial charge in [-0.3, -0.25) is 0 Å². The van der Waals surface area contributed by atoms with Crippen LogP contribution in [0.3, 0.4) is 0 Å². The number of rotatable bonds is 9. The molecule has 12 rings (SSSR count). The van der Waals surface area contributed by atoms with E-state index in [0.717, 1.165) is 17.1 Å². The molecule has 10 aromatic carbocycles. The number of anilines is 3. The minimum atomic E-state index is -0.810. The van der Waals surface area contributed by atoms with Gasteiger partial charge in [0.05, 0.1) is 5.41 Å². The summed E-state index contributed by atoms with van der Waals surface area (Å²) in [6.45, 7) is 4.72. The summed E-state index contributed by atoms with van der Waals surface area (Å²) in [5.41, 5.74) is 23.1. The first-order chi connectivity index (χ1) is 33.6. The van der Waals surface area contributed by atoms with Crippen molar-refractivity contribution in [1.29, 1.82) is 0 Å². The van der Waals surface area contributed by atoms with E-state index in [1.165, 1.54) is 93.9 Å². The topological polar surface area (TPSA) is 3.24 Å². The lowest BCUT2D eigenvalue weighted by molar-refractivity contribution is 0.660. The molecule has 0 fully saturated rings. The molecule has 69 heavy (non-hydrogen) atoms. The monoisotopic (exact) mass is 905 g/mol. The molecule has 0 heterocycles. The predicted octanol–water partition coefficient (Wildman–Crippen LogP) is 17.9. The molecule has 0 aromatic heterocycles. The molecule has 2 aliphatic rings. The summed E-state index contributed by atoms with van der Waals surface area (Å²) in [7, 11) is -0.810. The van der Waals surface area contributed by atoms with Gasteiger partial charge in [0.1, 0.15) is 0 Å². The van der Waals surface area contributed by atoms with Gasteiger partial charge in [-0.2, -0.15) is 0 Å². The van der Waals surface area contributed by atoms with E-state index in [0.29, 0.717) is 0 Å². The fourth-order valence-electron chi connectivity index (χ4n) is 11.5. The van der Waals surface area contributed by atoms with Crippen LogP contribution in [0, 0.1) is 0 Å². The van der Waals surface area contributed by atoms with Crippen molar-refractivity contribution in [3.8, 4) is 55.6 Å². The maximum absolute atomic E-state index is 2.48. The van der Waals surface area contributed by atoms with Gasteiger partial charge >= 0.3 is 0 Å². The summed E-state index contributed by atoms with van der Waals surface area (Å²) in [5, 5.41) is 0. The van der Waals surface area contributed by atoms with Crippen LogP contribution in [0.1, 0.15) is 47.2 Å². The Labute approximate surface area is 409 Å². The zero-order valence-corrected chi connectivity index (χ0v) is 40.8. The largest absolute Gasteiger partial charge is 0.310 e. The Kier molecular flexibility index (Phi) is 10.2. The normalized spacial score (nSPS) is 15.4. The molecule has 0 saturated heterocycles. The van der Waals surface area contributed by atoms with Crippen molar-refractivity contribution in [2.24, 2.45) is 0 Å². The van der Waals surface area contributed by atoms with E-state index in [4.69, 9.17) is 0 Å². The van der Waals surface area contributed by atoms with Crippen molar-refractivity contribution in [2.45, 2.75) is 29.6 Å². The maximum atomic E-state index is 2.48. The van der Waals surface area contributed by atoms with Crippen molar-refractivity contribution < 1.29 is 0 Å². The summed E-state index contributed by atoms with van der Waals surface area (Å²) in [6, 6.07) is 90.8. The Morgan fingerprint density at radius 2 is 0.768 bits per heavy atom. The van der Waals surface area contributed by atoms with E-state index < -0.39 is 15.4 Å². The average molecular weight is 906 g/mol. The molecule has 2 heteroatoms. The number of nitrogens with zero attached hydrogens (tertiary/aromatic N) is 1. The molecule has 0 saturated carbocycles. The molecule has 10 aromatic rings. The van der Waals surface area contributed by atoms with Crippen LogP contribution in [0.25, 0.3) is 55.6 Å². The van der Waals surface area contributed by atoms with Gasteiger partial charge in [0.2, 0.25) is 0 Å². The van der Waals surface area contributed by atoms with Crippen LogP contribution in [0.15, 0.2) is 248 Å². The van der Waals surface area contributed by atoms with Crippen molar-refractivity contribution in [3.63, 3.8) is 0 Å². The molecule has 0 aliphatic heterocycles. The lowest BCUT2D eigenvalue weighted by Gasteiger charge is -2.35. The number of hydrogen-bond donors (Lipinski definition) is 0. The molecule has 1 nitrogen and oxygen atoms in total. The minimum Gasteiger partial charge on any atom is -0.310 e. The lowest BCUT2D eigenvalue weighted by atomic mass is 9.67. The van der Waals surface area contributed by atoms with Crippen LogP contribution in [0.5, 0.6) is 0 Å². The van der Waals surface area contributed by atoms with Crippen LogP contribution >= 0.6 is 10.0 Å². The minimum absolute atomic E-state index is 0.0629. The van der Waals surface area contributed by atoms with E-state index in [9.17, 15) is 0 Å². The summed E-state index contributed by atoms with van der Waals surface area (Å²) < 4.78 is 0. The van der Waals surface area contributed by atoms with Crippen LogP contribution < -0.4 is 4.90 Å². The summed E-state index contributed by atoms with van der Waals surface area (Å²) in [4.78, 5) is 3.87. The van der Waals surface area contributed by atoms with E-state index in [1.54, 1.807) is 0 Å². The van der Waals surface area contributed by atoms with E-state index in [-0.39, 0.29) is 5.41 Å². The van der Waals surface area contributed by atoms with Gasteiger partial charge in [0.25, 0.3) is 0 Å². The molecule has 0 radical (unpaired) electrons. The SMILES string of the molecule is CC1(C)c2ccccc2-c2c(-c3ccc(N(c4ccc(-c5ccc(S(C)(C)C)cc5)cc4)c4ccc5c(c4)C(c4ccccc4)(c4ccc(-c6ccccc6)cc4)c4ccccc4-5)cc3)cccc21. The number of hydrogen-bond acceptors (Lipinski definition) is 1. The Hall–Kier alpha value is -7.65. The Bertz CT molecular complexity index is 3510. The van der Waals surface area contributed by atoms with Crippen molar-refractivity contribution in [1.82, 2.24) is 0 Å². The van der Waals surface area contributed by atoms with Crippen molar-refractivity contribution >= 4 is 27.1 Å². The second-order valence-corrected chi connectivity index (χ2v) is 24.2. The number of fused-ring (bicyclic) bond motifs is 6. The molecule has 1 unspecified atom stereocenters. The third kappa shape index (κ3) is 7.00. The van der Waals surface area contributed by atoms with Gasteiger partial charge in [-0.25, -0.2) is 10.0 Å². The fraction of sp³-hybridized carbons (Fsp3) is 0.104. The Morgan fingerprint density at radius 1 is 0.319 bits per heavy atom. The first kappa shape index (κ1) is 42.7. The standard InChI is InChI=1S/C67H55NS/c1-66(2)61-24-14-13-22-60(61)65-57(23-16-26-63(65)66)50-31-39-54(40-32-50)68(53-37-29-48(30-38-53)49-33-42-56(43-34-49)69(3,4)5)55-41-44-59-58-21-12-15-25-62(58)67(64(59)45-55,51-19-10-7-11-20-51)52-35-27-47(28-36-52)46-17-8-6-9-18-46/h6-45H,1-5H3. The molecular formula is C67H55NS. The van der Waals surface area contributed by atoms with E-state index >= 15 is 0 Å². The maximum Gasteiger partial charge on any atom is 0.0714 e. The highest BCUT2D eigenvalue weighted by Gasteiger charge is 2.46. The van der Waals surface area contributed by atoms with Gasteiger partial charge in [-0.05, 0) is 161 Å². The van der Waals surface area contributed by atoms with Crippen LogP contribution in [0.4, 0.5) is 17.1 Å². The molecule has 0 spiro atoms. The van der Waals surface area contributed by atoms with Gasteiger partial charge in [0.15, 0.2) is 0 Å². The quantitative estimate of drug-likeness (QED) is 0.139. The first-order valence-corrected chi connectivity index (χ1v) is 27.0. The fourth-order valence-corrected chi connectivity index (χ4v) is 12.5. The van der Waals surface area contributed by atoms with Gasteiger partial charge < -0.3 is 4.90 Å². The molecule has 334 valence electrons. The van der Waals surface area contributed by atoms with Gasteiger partial charge in [-0.15, -0.1) is 0 Å². The molecule has 1 atom stereocenters. The average Bonchev–Trinajstić information content (AvgIpc) is 3.82. The molecule has 0 amide bonds. The molecule has 2 aliphatic carbocycles. The third-order valence-corrected chi connectivity index (χ3v) is 16.7. The molecular weight excluding hydrogens is 851 g/mol. The van der Waals surface area contributed by atoms with Crippen LogP contribution in [-0.4, -0.2) is 18.8 Å². The third-order valence-electron chi connectivity index (χ3n) is 15.0. The van der Waals surface area contributed by atoms with E-state index in [1.807, 2.05) is 0 Å². The summed E-state index contributed by atoms with van der Waals surface area (Å²) >= 11 is 0. The zero-order valence-electron chi connectivity index (χ0n) is 39.9. The number of benzene rings is 10. The molecule has 0 bridgehead atoms. The van der Waals surface area contributed by atoms with Crippen LogP contribution in [0.2, 0.25) is 0 Å². The lowest BCUT2D eigenvalue weighted by Crippen LogP contribution is -2.28. The summed E-state index contributed by atoms with van der Waals surface area (Å²) in [6.07, 6.45) is 7.06. The van der Waals surface area contributed by atoms with Gasteiger partial charge in [0, 0.05) is 22.5 Å². The van der Waals surface area contributed by atoms with Crippen molar-refractivity contribution in [3.05, 3.63) is 276 Å². The molecule has 0 N–H and O–H groups in total. The highest BCUT2D eigenvalue weighted by atomic mass is 32.3. The van der Waals surface area contributed by atoms with E-state index in [2.05, 4.69) is 280 Å². The Balaban J connectivity index is 1.03.